The quantitative estimate of drug-likeness (QED) is 0.638. The molecule has 0 spiro atoms. The van der Waals surface area contributed by atoms with Gasteiger partial charge in [0.15, 0.2) is 0 Å². The number of carboxylic acids is 2. The van der Waals surface area contributed by atoms with Gasteiger partial charge >= 0.3 is 18.1 Å². The molecule has 0 saturated carbocycles. The maximum absolute atomic E-state index is 12.2. The average Bonchev–Trinajstić information content (AvgIpc) is 3.11. The van der Waals surface area contributed by atoms with Crippen LogP contribution in [0.1, 0.15) is 45.8 Å². The molecule has 0 bridgehead atoms. The van der Waals surface area contributed by atoms with Crippen LogP contribution in [0.3, 0.4) is 0 Å². The van der Waals surface area contributed by atoms with Crippen molar-refractivity contribution in [2.45, 2.75) is 37.8 Å². The molecule has 1 amide bonds. The Morgan fingerprint density at radius 3 is 2.19 bits per heavy atom. The van der Waals surface area contributed by atoms with Gasteiger partial charge in [0.2, 0.25) is 5.91 Å². The van der Waals surface area contributed by atoms with Crippen LogP contribution in [0.15, 0.2) is 48.5 Å². The molecule has 1 atom stereocenters. The van der Waals surface area contributed by atoms with Crippen LogP contribution < -0.4 is 5.32 Å². The zero-order valence-electron chi connectivity index (χ0n) is 16.5. The number of nitrogens with one attached hydrogen (secondary N) is 1. The topological polar surface area (TPSA) is 104 Å². The second-order valence-corrected chi connectivity index (χ2v) is 7.04. The molecule has 1 unspecified atom stereocenters. The molecular formula is C22H22F3NO5. The SMILES string of the molecule is O=C(CC1CCc2ccccc21)NCCc1ccc(C(=O)O)cc1.O=C(O)C(F)(F)F. The number of halogens is 3. The Hall–Kier alpha value is -3.36. The first kappa shape index (κ1) is 23.9. The molecule has 0 aromatic heterocycles. The second-order valence-electron chi connectivity index (χ2n) is 7.04. The number of alkyl halides is 3. The Balaban J connectivity index is 0.000000423. The molecule has 0 fully saturated rings. The summed E-state index contributed by atoms with van der Waals surface area (Å²) in [5.74, 6) is -3.27. The summed E-state index contributed by atoms with van der Waals surface area (Å²) in [6.45, 7) is 0.569. The average molecular weight is 437 g/mol. The number of hydrogen-bond donors (Lipinski definition) is 3. The molecule has 2 aromatic carbocycles. The minimum atomic E-state index is -5.08. The molecule has 1 aliphatic carbocycles. The Kier molecular flexibility index (Phi) is 8.18. The van der Waals surface area contributed by atoms with Crippen molar-refractivity contribution in [2.24, 2.45) is 0 Å². The Morgan fingerprint density at radius 2 is 1.61 bits per heavy atom. The molecule has 1 aliphatic rings. The highest BCUT2D eigenvalue weighted by molar-refractivity contribution is 5.87. The van der Waals surface area contributed by atoms with Crippen molar-refractivity contribution < 1.29 is 37.8 Å². The predicted octanol–water partition coefficient (Wildman–Crippen LogP) is 3.80. The minimum Gasteiger partial charge on any atom is -0.478 e. The van der Waals surface area contributed by atoms with E-state index in [0.717, 1.165) is 18.4 Å². The highest BCUT2D eigenvalue weighted by Gasteiger charge is 2.38. The Morgan fingerprint density at radius 1 is 1.00 bits per heavy atom. The summed E-state index contributed by atoms with van der Waals surface area (Å²) in [7, 11) is 0. The van der Waals surface area contributed by atoms with E-state index >= 15 is 0 Å². The van der Waals surface area contributed by atoms with Gasteiger partial charge in [-0.05, 0) is 54.0 Å². The van der Waals surface area contributed by atoms with E-state index in [2.05, 4.69) is 23.5 Å². The van der Waals surface area contributed by atoms with E-state index in [1.54, 1.807) is 24.3 Å². The molecular weight excluding hydrogens is 415 g/mol. The van der Waals surface area contributed by atoms with E-state index in [9.17, 15) is 22.8 Å². The van der Waals surface area contributed by atoms with Gasteiger partial charge in [0, 0.05) is 13.0 Å². The molecule has 2 aromatic rings. The zero-order valence-corrected chi connectivity index (χ0v) is 16.5. The normalized spacial score (nSPS) is 14.7. The summed E-state index contributed by atoms with van der Waals surface area (Å²) in [4.78, 5) is 31.9. The molecule has 0 aliphatic heterocycles. The number of carbonyl (C=O) groups is 3. The third-order valence-corrected chi connectivity index (χ3v) is 4.87. The molecule has 0 heterocycles. The summed E-state index contributed by atoms with van der Waals surface area (Å²) in [5.41, 5.74) is 3.99. The van der Waals surface area contributed by atoms with Crippen molar-refractivity contribution in [2.75, 3.05) is 6.54 Å². The summed E-state index contributed by atoms with van der Waals surface area (Å²) < 4.78 is 31.7. The van der Waals surface area contributed by atoms with Gasteiger partial charge < -0.3 is 15.5 Å². The van der Waals surface area contributed by atoms with E-state index < -0.39 is 18.1 Å². The van der Waals surface area contributed by atoms with E-state index in [0.29, 0.717) is 25.3 Å². The van der Waals surface area contributed by atoms with Gasteiger partial charge in [0.05, 0.1) is 5.56 Å². The van der Waals surface area contributed by atoms with Gasteiger partial charge in [-0.3, -0.25) is 4.79 Å². The first-order valence-corrected chi connectivity index (χ1v) is 9.54. The lowest BCUT2D eigenvalue weighted by Crippen LogP contribution is -2.26. The van der Waals surface area contributed by atoms with Crippen molar-refractivity contribution in [1.82, 2.24) is 5.32 Å². The van der Waals surface area contributed by atoms with Crippen LogP contribution in [0.2, 0.25) is 0 Å². The van der Waals surface area contributed by atoms with Crippen LogP contribution in [0, 0.1) is 0 Å². The minimum absolute atomic E-state index is 0.0823. The van der Waals surface area contributed by atoms with Crippen molar-refractivity contribution in [3.63, 3.8) is 0 Å². The summed E-state index contributed by atoms with van der Waals surface area (Å²) in [5, 5.41) is 19.0. The smallest absolute Gasteiger partial charge is 0.478 e. The largest absolute Gasteiger partial charge is 0.490 e. The maximum atomic E-state index is 12.2. The fraction of sp³-hybridized carbons (Fsp3) is 0.318. The first-order chi connectivity index (χ1) is 14.6. The molecule has 3 rings (SSSR count). The summed E-state index contributed by atoms with van der Waals surface area (Å²) in [6, 6.07) is 15.1. The lowest BCUT2D eigenvalue weighted by atomic mass is 9.97. The highest BCUT2D eigenvalue weighted by Crippen LogP contribution is 2.35. The Labute approximate surface area is 176 Å². The number of aliphatic carboxylic acids is 1. The number of hydrogen-bond acceptors (Lipinski definition) is 3. The third-order valence-electron chi connectivity index (χ3n) is 4.87. The Bertz CT molecular complexity index is 925. The number of benzene rings is 2. The van der Waals surface area contributed by atoms with Crippen LogP contribution in [-0.4, -0.2) is 40.8 Å². The van der Waals surface area contributed by atoms with Gasteiger partial charge in [-0.2, -0.15) is 13.2 Å². The van der Waals surface area contributed by atoms with Crippen LogP contribution in [0.4, 0.5) is 13.2 Å². The van der Waals surface area contributed by atoms with Gasteiger partial charge in [0.1, 0.15) is 0 Å². The fourth-order valence-electron chi connectivity index (χ4n) is 3.31. The van der Waals surface area contributed by atoms with E-state index in [4.69, 9.17) is 15.0 Å². The standard InChI is InChI=1S/C20H21NO3.C2HF3O2/c22-19(13-17-10-9-15-3-1-2-4-18(15)17)21-12-11-14-5-7-16(8-6-14)20(23)24;3-2(4,5)1(6)7/h1-8,17H,9-13H2,(H,21,22)(H,23,24);(H,6,7). The highest BCUT2D eigenvalue weighted by atomic mass is 19.4. The zero-order chi connectivity index (χ0) is 23.0. The van der Waals surface area contributed by atoms with Crippen LogP contribution in [0.5, 0.6) is 0 Å². The lowest BCUT2D eigenvalue weighted by Gasteiger charge is -2.12. The molecule has 3 N–H and O–H groups in total. The second kappa shape index (κ2) is 10.6. The molecule has 31 heavy (non-hydrogen) atoms. The fourth-order valence-corrected chi connectivity index (χ4v) is 3.31. The molecule has 6 nitrogen and oxygen atoms in total. The van der Waals surface area contributed by atoms with E-state index in [-0.39, 0.29) is 11.5 Å². The summed E-state index contributed by atoms with van der Waals surface area (Å²) in [6.07, 6.45) is -1.74. The molecule has 166 valence electrons. The van der Waals surface area contributed by atoms with E-state index in [1.807, 2.05) is 6.07 Å². The van der Waals surface area contributed by atoms with Crippen molar-refractivity contribution in [1.29, 1.82) is 0 Å². The summed E-state index contributed by atoms with van der Waals surface area (Å²) >= 11 is 0. The van der Waals surface area contributed by atoms with Crippen molar-refractivity contribution in [3.8, 4) is 0 Å². The van der Waals surface area contributed by atoms with Crippen LogP contribution in [0.25, 0.3) is 0 Å². The molecule has 0 radical (unpaired) electrons. The number of amides is 1. The number of aryl methyl sites for hydroxylation is 1. The first-order valence-electron chi connectivity index (χ1n) is 9.54. The van der Waals surface area contributed by atoms with Crippen LogP contribution >= 0.6 is 0 Å². The predicted molar refractivity (Wildman–Crippen MR) is 106 cm³/mol. The number of fused-ring (bicyclic) bond motifs is 1. The number of aromatic carboxylic acids is 1. The molecule has 9 heteroatoms. The number of rotatable bonds is 6. The van der Waals surface area contributed by atoms with E-state index in [1.165, 1.54) is 11.1 Å². The maximum Gasteiger partial charge on any atom is 0.490 e. The molecule has 0 saturated heterocycles. The van der Waals surface area contributed by atoms with Gasteiger partial charge in [-0.25, -0.2) is 9.59 Å². The van der Waals surface area contributed by atoms with Crippen molar-refractivity contribution in [3.05, 3.63) is 70.8 Å². The van der Waals surface area contributed by atoms with Gasteiger partial charge in [-0.15, -0.1) is 0 Å². The number of carboxylic acid groups (broad SMARTS) is 2. The van der Waals surface area contributed by atoms with Crippen molar-refractivity contribution >= 4 is 17.8 Å². The monoisotopic (exact) mass is 437 g/mol. The van der Waals surface area contributed by atoms with Gasteiger partial charge in [-0.1, -0.05) is 36.4 Å². The lowest BCUT2D eigenvalue weighted by molar-refractivity contribution is -0.192. The van der Waals surface area contributed by atoms with Gasteiger partial charge in [0.25, 0.3) is 0 Å². The third kappa shape index (κ3) is 7.44. The number of carbonyl (C=O) groups excluding carboxylic acids is 1. The van der Waals surface area contributed by atoms with Crippen LogP contribution in [-0.2, 0) is 22.4 Å².